The van der Waals surface area contributed by atoms with Crippen LogP contribution in [-0.4, -0.2) is 28.8 Å². The van der Waals surface area contributed by atoms with E-state index in [1.165, 1.54) is 18.2 Å². The lowest BCUT2D eigenvalue weighted by molar-refractivity contribution is -0.145. The molecule has 0 saturated carbocycles. The van der Waals surface area contributed by atoms with Gasteiger partial charge in [0.2, 0.25) is 5.89 Å². The molecule has 6 nitrogen and oxygen atoms in total. The smallest absolute Gasteiger partial charge is 0.416 e. The summed E-state index contributed by atoms with van der Waals surface area (Å²) in [5.41, 5.74) is 1.21. The van der Waals surface area contributed by atoms with Crippen LogP contribution >= 0.6 is 0 Å². The Morgan fingerprint density at radius 2 is 1.80 bits per heavy atom. The maximum atomic E-state index is 14.0. The number of carboxylic acids is 1. The van der Waals surface area contributed by atoms with Gasteiger partial charge in [-0.2, -0.15) is 13.2 Å². The Labute approximate surface area is 233 Å². The van der Waals surface area contributed by atoms with Gasteiger partial charge < -0.3 is 19.0 Å². The van der Waals surface area contributed by atoms with Crippen LogP contribution in [0.15, 0.2) is 83.3 Å². The molecule has 10 heteroatoms. The van der Waals surface area contributed by atoms with Gasteiger partial charge in [0, 0.05) is 17.5 Å². The lowest BCUT2D eigenvalue weighted by Crippen LogP contribution is -2.26. The number of aryl methyl sites for hydroxylation is 1. The summed E-state index contributed by atoms with van der Waals surface area (Å²) < 4.78 is 69.3. The number of aromatic nitrogens is 1. The van der Waals surface area contributed by atoms with Crippen molar-refractivity contribution in [3.8, 4) is 23.0 Å². The minimum absolute atomic E-state index is 0.00781. The number of rotatable bonds is 12. The Morgan fingerprint density at radius 1 is 1.07 bits per heavy atom. The van der Waals surface area contributed by atoms with Crippen molar-refractivity contribution in [1.82, 2.24) is 4.98 Å². The first kappa shape index (κ1) is 29.4. The third kappa shape index (κ3) is 8.20. The van der Waals surface area contributed by atoms with Gasteiger partial charge in [-0.3, -0.25) is 0 Å². The van der Waals surface area contributed by atoms with Crippen LogP contribution in [-0.2, 0) is 17.4 Å². The maximum absolute atomic E-state index is 14.0. The van der Waals surface area contributed by atoms with Crippen LogP contribution in [0.1, 0.15) is 35.4 Å². The highest BCUT2D eigenvalue weighted by Crippen LogP contribution is 2.31. The van der Waals surface area contributed by atoms with Gasteiger partial charge in [0.15, 0.2) is 6.10 Å². The number of carboxylic acid groups (broad SMARTS) is 1. The van der Waals surface area contributed by atoms with E-state index in [2.05, 4.69) is 4.98 Å². The highest BCUT2D eigenvalue weighted by atomic mass is 19.4. The average Bonchev–Trinajstić information content (AvgIpc) is 3.31. The highest BCUT2D eigenvalue weighted by molar-refractivity contribution is 5.72. The van der Waals surface area contributed by atoms with Crippen LogP contribution in [0.3, 0.4) is 0 Å². The molecule has 0 amide bonds. The minimum Gasteiger partial charge on any atom is -0.493 e. The summed E-state index contributed by atoms with van der Waals surface area (Å²) in [6, 6.07) is 17.4. The molecule has 1 heterocycles. The molecule has 0 spiro atoms. The van der Waals surface area contributed by atoms with Crippen molar-refractivity contribution in [3.63, 3.8) is 0 Å². The van der Waals surface area contributed by atoms with Gasteiger partial charge in [-0.1, -0.05) is 30.4 Å². The number of benzene rings is 3. The van der Waals surface area contributed by atoms with Crippen molar-refractivity contribution in [2.75, 3.05) is 6.61 Å². The molecular weight excluding hydrogens is 542 g/mol. The van der Waals surface area contributed by atoms with Crippen LogP contribution in [0.4, 0.5) is 17.6 Å². The molecule has 1 atom stereocenters. The number of oxazole rings is 1. The average molecular weight is 570 g/mol. The quantitative estimate of drug-likeness (QED) is 0.176. The van der Waals surface area contributed by atoms with Crippen LogP contribution in [0.25, 0.3) is 17.5 Å². The predicted molar refractivity (Wildman–Crippen MR) is 144 cm³/mol. The largest absolute Gasteiger partial charge is 0.493 e. The summed E-state index contributed by atoms with van der Waals surface area (Å²) >= 11 is 0. The Hall–Kier alpha value is -4.60. The molecule has 4 rings (SSSR count). The molecule has 41 heavy (non-hydrogen) atoms. The zero-order valence-electron chi connectivity index (χ0n) is 22.0. The van der Waals surface area contributed by atoms with Gasteiger partial charge in [-0.25, -0.2) is 14.2 Å². The number of nitrogens with zero attached hydrogens (tertiary/aromatic N) is 1. The van der Waals surface area contributed by atoms with Crippen LogP contribution in [0.5, 0.6) is 11.5 Å². The summed E-state index contributed by atoms with van der Waals surface area (Å²) in [6.07, 6.45) is -1.78. The third-order valence-electron chi connectivity index (χ3n) is 6.11. The number of alkyl halides is 3. The molecule has 0 radical (unpaired) electrons. The molecule has 1 N–H and O–H groups in total. The number of ether oxygens (including phenoxy) is 2. The van der Waals surface area contributed by atoms with Crippen molar-refractivity contribution in [2.45, 2.75) is 38.5 Å². The number of halogens is 4. The first-order chi connectivity index (χ1) is 19.6. The normalized spacial score (nSPS) is 12.4. The molecule has 0 saturated heterocycles. The monoisotopic (exact) mass is 569 g/mol. The number of hydrogen-bond donors (Lipinski definition) is 1. The Kier molecular flexibility index (Phi) is 9.44. The lowest BCUT2D eigenvalue weighted by Gasteiger charge is -2.15. The second-order valence-electron chi connectivity index (χ2n) is 9.12. The zero-order valence-corrected chi connectivity index (χ0v) is 22.0. The van der Waals surface area contributed by atoms with Crippen LogP contribution in [0.2, 0.25) is 0 Å². The van der Waals surface area contributed by atoms with E-state index in [9.17, 15) is 27.5 Å². The SMILES string of the molecule is Cc1oc(-c2ccccc2)nc1CCOc1ccc(F)cc1/C=C/CCC(Oc1ccc(C(F)(F)F)cc1)C(=O)O. The van der Waals surface area contributed by atoms with E-state index in [0.29, 0.717) is 29.4 Å². The number of aliphatic carboxylic acids is 1. The minimum atomic E-state index is -4.50. The molecule has 1 unspecified atom stereocenters. The molecular formula is C31H27F4NO5. The Morgan fingerprint density at radius 3 is 2.49 bits per heavy atom. The fourth-order valence-electron chi connectivity index (χ4n) is 3.98. The van der Waals surface area contributed by atoms with E-state index in [1.807, 2.05) is 37.3 Å². The topological polar surface area (TPSA) is 81.8 Å². The van der Waals surface area contributed by atoms with Crippen molar-refractivity contribution < 1.29 is 41.4 Å². The van der Waals surface area contributed by atoms with E-state index in [-0.39, 0.29) is 25.2 Å². The first-order valence-electron chi connectivity index (χ1n) is 12.8. The summed E-state index contributed by atoms with van der Waals surface area (Å²) in [4.78, 5) is 16.2. The summed E-state index contributed by atoms with van der Waals surface area (Å²) in [6.45, 7) is 2.09. The molecule has 0 fully saturated rings. The summed E-state index contributed by atoms with van der Waals surface area (Å²) in [7, 11) is 0. The molecule has 214 valence electrons. The van der Waals surface area contributed by atoms with Crippen molar-refractivity contribution >= 4 is 12.0 Å². The van der Waals surface area contributed by atoms with E-state index < -0.39 is 29.6 Å². The number of allylic oxidation sites excluding steroid dienone is 1. The van der Waals surface area contributed by atoms with E-state index in [1.54, 1.807) is 12.2 Å². The number of hydrogen-bond acceptors (Lipinski definition) is 5. The van der Waals surface area contributed by atoms with Gasteiger partial charge in [0.05, 0.1) is 17.9 Å². The predicted octanol–water partition coefficient (Wildman–Crippen LogP) is 7.76. The van der Waals surface area contributed by atoms with Gasteiger partial charge in [-0.05, 0) is 74.4 Å². The third-order valence-corrected chi connectivity index (χ3v) is 6.11. The molecule has 0 bridgehead atoms. The Bertz CT molecular complexity index is 1480. The van der Waals surface area contributed by atoms with Gasteiger partial charge in [0.25, 0.3) is 0 Å². The van der Waals surface area contributed by atoms with Gasteiger partial charge >= 0.3 is 12.1 Å². The molecule has 0 aliphatic rings. The second kappa shape index (κ2) is 13.2. The highest BCUT2D eigenvalue weighted by Gasteiger charge is 2.30. The molecule has 0 aliphatic carbocycles. The zero-order chi connectivity index (χ0) is 29.4. The van der Waals surface area contributed by atoms with Crippen molar-refractivity contribution in [3.05, 3.63) is 107 Å². The van der Waals surface area contributed by atoms with Gasteiger partial charge in [-0.15, -0.1) is 0 Å². The molecule has 4 aromatic rings. The molecule has 3 aromatic carbocycles. The maximum Gasteiger partial charge on any atom is 0.416 e. The van der Waals surface area contributed by atoms with E-state index in [4.69, 9.17) is 13.9 Å². The second-order valence-corrected chi connectivity index (χ2v) is 9.12. The van der Waals surface area contributed by atoms with Crippen LogP contribution in [0, 0.1) is 12.7 Å². The van der Waals surface area contributed by atoms with Crippen molar-refractivity contribution in [2.24, 2.45) is 0 Å². The Balaban J connectivity index is 1.33. The standard InChI is InChI=1S/C31H27F4NO5/c1-20-26(36-29(40-20)21-7-3-2-4-8-21)17-18-39-27-16-13-24(32)19-22(27)9-5-6-10-28(30(37)38)41-25-14-11-23(12-15-25)31(33,34)35/h2-5,7-9,11-16,19,28H,6,10,17-18H2,1H3,(H,37,38)/b9-5+. The van der Waals surface area contributed by atoms with E-state index in [0.717, 1.165) is 35.5 Å². The fraction of sp³-hybridized carbons (Fsp3) is 0.226. The molecule has 0 aliphatic heterocycles. The lowest BCUT2D eigenvalue weighted by atomic mass is 10.1. The summed E-state index contributed by atoms with van der Waals surface area (Å²) in [5.74, 6) is -0.0857. The first-order valence-corrected chi connectivity index (χ1v) is 12.8. The van der Waals surface area contributed by atoms with E-state index >= 15 is 0 Å². The van der Waals surface area contributed by atoms with Crippen LogP contribution < -0.4 is 9.47 Å². The van der Waals surface area contributed by atoms with Gasteiger partial charge in [0.1, 0.15) is 23.1 Å². The number of carbonyl (C=O) groups is 1. The molecule has 1 aromatic heterocycles. The van der Waals surface area contributed by atoms with Crippen molar-refractivity contribution in [1.29, 1.82) is 0 Å². The summed E-state index contributed by atoms with van der Waals surface area (Å²) in [5, 5.41) is 9.48. The fourth-order valence-corrected chi connectivity index (χ4v) is 3.98.